The number of carbonyl (C=O) groups is 1. The number of rotatable bonds is 1. The van der Waals surface area contributed by atoms with Gasteiger partial charge in [-0.1, -0.05) is 0 Å². The summed E-state index contributed by atoms with van der Waals surface area (Å²) in [5, 5.41) is 0. The average molecular weight is 190 g/mol. The predicted molar refractivity (Wildman–Crippen MR) is 57.3 cm³/mol. The first-order valence-corrected chi connectivity index (χ1v) is 4.76. The van der Waals surface area contributed by atoms with Crippen LogP contribution in [0.15, 0.2) is 12.1 Å². The second-order valence-electron chi connectivity index (χ2n) is 3.79. The second kappa shape index (κ2) is 3.01. The van der Waals surface area contributed by atoms with Crippen molar-refractivity contribution in [2.75, 3.05) is 17.2 Å². The number of benzene rings is 1. The molecule has 1 aliphatic heterocycles. The van der Waals surface area contributed by atoms with Crippen molar-refractivity contribution in [3.8, 4) is 0 Å². The molecule has 0 unspecified atom stereocenters. The maximum Gasteiger partial charge on any atom is 0.228 e. The Morgan fingerprint density at radius 3 is 2.43 bits per heavy atom. The minimum Gasteiger partial charge on any atom is -0.397 e. The van der Waals surface area contributed by atoms with E-state index in [1.54, 1.807) is 4.90 Å². The van der Waals surface area contributed by atoms with E-state index in [0.29, 0.717) is 12.1 Å². The molecule has 0 radical (unpaired) electrons. The molecular formula is C11H14N2O. The molecule has 1 amide bonds. The second-order valence-corrected chi connectivity index (χ2v) is 3.79. The van der Waals surface area contributed by atoms with Gasteiger partial charge in [-0.3, -0.25) is 4.79 Å². The van der Waals surface area contributed by atoms with Crippen LogP contribution in [0.5, 0.6) is 0 Å². The number of hydrogen-bond donors (Lipinski definition) is 1. The lowest BCUT2D eigenvalue weighted by Crippen LogP contribution is -2.43. The standard InChI is InChI=1S/C11H14N2O/c1-7-5-9(12)10(6-8(7)2)13-4-3-11(13)14/h5-6H,3-4,12H2,1-2H3. The fourth-order valence-corrected chi connectivity index (χ4v) is 1.63. The highest BCUT2D eigenvalue weighted by Gasteiger charge is 2.26. The summed E-state index contributed by atoms with van der Waals surface area (Å²) < 4.78 is 0. The molecule has 14 heavy (non-hydrogen) atoms. The van der Waals surface area contributed by atoms with Gasteiger partial charge in [-0.2, -0.15) is 0 Å². The molecule has 0 aromatic heterocycles. The van der Waals surface area contributed by atoms with Gasteiger partial charge in [0.05, 0.1) is 11.4 Å². The summed E-state index contributed by atoms with van der Waals surface area (Å²) in [5.41, 5.74) is 9.77. The third kappa shape index (κ3) is 1.25. The Hall–Kier alpha value is -1.51. The number of amides is 1. The van der Waals surface area contributed by atoms with E-state index in [0.717, 1.165) is 12.2 Å². The summed E-state index contributed by atoms with van der Waals surface area (Å²) in [4.78, 5) is 13.0. The molecule has 0 aliphatic carbocycles. The van der Waals surface area contributed by atoms with Crippen LogP contribution in [-0.4, -0.2) is 12.5 Å². The van der Waals surface area contributed by atoms with Crippen LogP contribution in [0.1, 0.15) is 17.5 Å². The maximum absolute atomic E-state index is 11.2. The van der Waals surface area contributed by atoms with Crippen molar-refractivity contribution in [1.82, 2.24) is 0 Å². The Morgan fingerprint density at radius 1 is 1.29 bits per heavy atom. The molecule has 74 valence electrons. The Labute approximate surface area is 83.5 Å². The van der Waals surface area contributed by atoms with Gasteiger partial charge < -0.3 is 10.6 Å². The normalized spacial score (nSPS) is 15.6. The smallest absolute Gasteiger partial charge is 0.228 e. The van der Waals surface area contributed by atoms with Crippen molar-refractivity contribution in [2.45, 2.75) is 20.3 Å². The molecule has 3 heteroatoms. The van der Waals surface area contributed by atoms with Crippen LogP contribution in [0.2, 0.25) is 0 Å². The van der Waals surface area contributed by atoms with Crippen LogP contribution in [0.3, 0.4) is 0 Å². The maximum atomic E-state index is 11.2. The topological polar surface area (TPSA) is 46.3 Å². The van der Waals surface area contributed by atoms with Crippen LogP contribution in [-0.2, 0) is 4.79 Å². The van der Waals surface area contributed by atoms with Crippen molar-refractivity contribution in [1.29, 1.82) is 0 Å². The molecule has 3 nitrogen and oxygen atoms in total. The zero-order valence-electron chi connectivity index (χ0n) is 8.50. The number of nitrogen functional groups attached to an aromatic ring is 1. The monoisotopic (exact) mass is 190 g/mol. The number of hydrogen-bond acceptors (Lipinski definition) is 2. The molecule has 1 aromatic rings. The Morgan fingerprint density at radius 2 is 1.93 bits per heavy atom. The number of β-lactam (4-membered cyclic amide) rings is 1. The van der Waals surface area contributed by atoms with Crippen LogP contribution in [0, 0.1) is 13.8 Å². The van der Waals surface area contributed by atoms with E-state index in [2.05, 4.69) is 0 Å². The van der Waals surface area contributed by atoms with Crippen LogP contribution in [0.25, 0.3) is 0 Å². The third-order valence-electron chi connectivity index (χ3n) is 2.78. The van der Waals surface area contributed by atoms with Crippen LogP contribution in [0.4, 0.5) is 11.4 Å². The molecule has 1 aromatic carbocycles. The summed E-state index contributed by atoms with van der Waals surface area (Å²) in [7, 11) is 0. The molecule has 2 N–H and O–H groups in total. The van der Waals surface area contributed by atoms with Gasteiger partial charge >= 0.3 is 0 Å². The predicted octanol–water partition coefficient (Wildman–Crippen LogP) is 1.62. The summed E-state index contributed by atoms with van der Waals surface area (Å²) in [6, 6.07) is 3.91. The fraction of sp³-hybridized carbons (Fsp3) is 0.364. The molecule has 0 saturated carbocycles. The van der Waals surface area contributed by atoms with E-state index < -0.39 is 0 Å². The quantitative estimate of drug-likeness (QED) is 0.540. The van der Waals surface area contributed by atoms with E-state index in [-0.39, 0.29) is 5.91 Å². The van der Waals surface area contributed by atoms with Crippen molar-refractivity contribution in [3.63, 3.8) is 0 Å². The van der Waals surface area contributed by atoms with E-state index in [1.165, 1.54) is 11.1 Å². The Balaban J connectivity index is 2.43. The van der Waals surface area contributed by atoms with Gasteiger partial charge in [-0.05, 0) is 37.1 Å². The van der Waals surface area contributed by atoms with Gasteiger partial charge in [0.2, 0.25) is 5.91 Å². The first-order valence-electron chi connectivity index (χ1n) is 4.76. The van der Waals surface area contributed by atoms with Gasteiger partial charge in [0.25, 0.3) is 0 Å². The summed E-state index contributed by atoms with van der Waals surface area (Å²) in [5.74, 6) is 0.167. The zero-order valence-corrected chi connectivity index (χ0v) is 8.50. The van der Waals surface area contributed by atoms with Crippen molar-refractivity contribution < 1.29 is 4.79 Å². The molecule has 1 fully saturated rings. The lowest BCUT2D eigenvalue weighted by molar-refractivity contribution is -0.122. The number of nitrogens with zero attached hydrogens (tertiary/aromatic N) is 1. The molecule has 0 spiro atoms. The van der Waals surface area contributed by atoms with Gasteiger partial charge in [-0.15, -0.1) is 0 Å². The minimum absolute atomic E-state index is 0.167. The highest BCUT2D eigenvalue weighted by molar-refractivity contribution is 6.01. The van der Waals surface area contributed by atoms with E-state index >= 15 is 0 Å². The molecular weight excluding hydrogens is 176 g/mol. The number of nitrogens with two attached hydrogens (primary N) is 1. The first-order chi connectivity index (χ1) is 6.59. The van der Waals surface area contributed by atoms with Crippen molar-refractivity contribution in [3.05, 3.63) is 23.3 Å². The lowest BCUT2D eigenvalue weighted by Gasteiger charge is -2.32. The highest BCUT2D eigenvalue weighted by atomic mass is 16.2. The summed E-state index contributed by atoms with van der Waals surface area (Å²) >= 11 is 0. The molecule has 2 rings (SSSR count). The minimum atomic E-state index is 0.167. The molecule has 1 aliphatic rings. The Kier molecular flexibility index (Phi) is 1.95. The summed E-state index contributed by atoms with van der Waals surface area (Å²) in [6.45, 7) is 4.85. The highest BCUT2D eigenvalue weighted by Crippen LogP contribution is 2.30. The molecule has 1 heterocycles. The Bertz CT molecular complexity index is 399. The third-order valence-corrected chi connectivity index (χ3v) is 2.78. The number of anilines is 2. The van der Waals surface area contributed by atoms with Crippen LogP contribution < -0.4 is 10.6 Å². The van der Waals surface area contributed by atoms with E-state index in [1.807, 2.05) is 26.0 Å². The van der Waals surface area contributed by atoms with Crippen LogP contribution >= 0.6 is 0 Å². The first kappa shape index (κ1) is 9.06. The largest absolute Gasteiger partial charge is 0.397 e. The SMILES string of the molecule is Cc1cc(N)c(N2CCC2=O)cc1C. The zero-order chi connectivity index (χ0) is 10.3. The van der Waals surface area contributed by atoms with Crippen molar-refractivity contribution >= 4 is 17.3 Å². The molecule has 0 atom stereocenters. The average Bonchev–Trinajstić information content (AvgIpc) is 2.12. The van der Waals surface area contributed by atoms with Gasteiger partial charge in [0, 0.05) is 13.0 Å². The van der Waals surface area contributed by atoms with Gasteiger partial charge in [0.1, 0.15) is 0 Å². The van der Waals surface area contributed by atoms with E-state index in [4.69, 9.17) is 5.73 Å². The van der Waals surface area contributed by atoms with Crippen molar-refractivity contribution in [2.24, 2.45) is 0 Å². The molecule has 0 bridgehead atoms. The van der Waals surface area contributed by atoms with E-state index in [9.17, 15) is 4.79 Å². The van der Waals surface area contributed by atoms with Gasteiger partial charge in [0.15, 0.2) is 0 Å². The number of aryl methyl sites for hydroxylation is 2. The fourth-order valence-electron chi connectivity index (χ4n) is 1.63. The summed E-state index contributed by atoms with van der Waals surface area (Å²) in [6.07, 6.45) is 0.645. The van der Waals surface area contributed by atoms with Gasteiger partial charge in [-0.25, -0.2) is 0 Å². The lowest BCUT2D eigenvalue weighted by atomic mass is 10.0. The molecule has 1 saturated heterocycles. The number of carbonyl (C=O) groups excluding carboxylic acids is 1.